The second-order valence-electron chi connectivity index (χ2n) is 13.6. The van der Waals surface area contributed by atoms with Gasteiger partial charge in [-0.1, -0.05) is 42.5 Å². The van der Waals surface area contributed by atoms with Gasteiger partial charge in [0.15, 0.2) is 0 Å². The van der Waals surface area contributed by atoms with Gasteiger partial charge in [0, 0.05) is 68.0 Å². The molecule has 2 aliphatic rings. The third-order valence-electron chi connectivity index (χ3n) is 9.34. The fourth-order valence-corrected chi connectivity index (χ4v) is 6.05. The van der Waals surface area contributed by atoms with Gasteiger partial charge in [-0.2, -0.15) is 0 Å². The maximum Gasteiger partial charge on any atom is 0.251 e. The molecule has 11 nitrogen and oxygen atoms in total. The van der Waals surface area contributed by atoms with Crippen molar-refractivity contribution in [3.05, 3.63) is 125 Å². The Hall–Kier alpha value is -4.97. The van der Waals surface area contributed by atoms with E-state index < -0.39 is 0 Å². The first-order chi connectivity index (χ1) is 24.7. The third-order valence-corrected chi connectivity index (χ3v) is 9.34. The largest absolute Gasteiger partial charge is 0.354 e. The number of aromatic nitrogens is 2. The van der Waals surface area contributed by atoms with E-state index >= 15 is 0 Å². The van der Waals surface area contributed by atoms with E-state index in [1.807, 2.05) is 86.6 Å². The Morgan fingerprint density at radius 1 is 0.961 bits per heavy atom. The molecule has 3 heterocycles. The fraction of sp³-hybridized carbons (Fsp3) is 0.375. The molecular weight excluding hydrogens is 642 g/mol. The molecule has 1 saturated carbocycles. The highest BCUT2D eigenvalue weighted by Crippen LogP contribution is 2.40. The molecule has 6 rings (SSSR count). The molecule has 1 aliphatic carbocycles. The van der Waals surface area contributed by atoms with Crippen molar-refractivity contribution in [1.82, 2.24) is 31.2 Å². The molecule has 11 heteroatoms. The normalized spacial score (nSPS) is 18.3. The minimum absolute atomic E-state index is 0.00923. The first kappa shape index (κ1) is 35.8. The maximum absolute atomic E-state index is 13.7. The standard InChI is InChI=1S/C40H47N7O4/c1-26(31-12-9-16-41-23-31)45-39(50)33-18-32(19-36(20-33)47(28(3)48)25-30-10-5-4-6-11-30)37-40(51-37)46-35(21-34-13-7-8-17-42-34)24-43-27(2)38(49)44-22-29-14-15-29/h4-13,16-20,23,26-27,29,35,37,40,43,46H,14-15,21-22,24-25H2,1-3H3,(H,44,49)(H,45,50)/t26?,27-,35-,37?,40?/m0/s1. The Morgan fingerprint density at radius 2 is 1.76 bits per heavy atom. The van der Waals surface area contributed by atoms with Gasteiger partial charge in [0.2, 0.25) is 11.8 Å². The number of benzene rings is 2. The number of hydrogen-bond acceptors (Lipinski definition) is 8. The number of pyridine rings is 2. The van der Waals surface area contributed by atoms with E-state index in [-0.39, 0.29) is 48.2 Å². The minimum Gasteiger partial charge on any atom is -0.354 e. The summed E-state index contributed by atoms with van der Waals surface area (Å²) in [5, 5.41) is 13.1. The van der Waals surface area contributed by atoms with Crippen molar-refractivity contribution in [1.29, 1.82) is 0 Å². The number of nitrogens with zero attached hydrogens (tertiary/aromatic N) is 3. The summed E-state index contributed by atoms with van der Waals surface area (Å²) in [6, 6.07) is 24.1. The van der Waals surface area contributed by atoms with E-state index in [2.05, 4.69) is 31.2 Å². The highest BCUT2D eigenvalue weighted by atomic mass is 16.6. The second-order valence-corrected chi connectivity index (χ2v) is 13.6. The summed E-state index contributed by atoms with van der Waals surface area (Å²) in [7, 11) is 0. The molecule has 51 heavy (non-hydrogen) atoms. The van der Waals surface area contributed by atoms with Crippen LogP contribution in [0.2, 0.25) is 0 Å². The van der Waals surface area contributed by atoms with Crippen LogP contribution in [0.15, 0.2) is 97.5 Å². The topological polar surface area (TPSA) is 141 Å². The van der Waals surface area contributed by atoms with Gasteiger partial charge in [-0.15, -0.1) is 0 Å². The van der Waals surface area contributed by atoms with Crippen LogP contribution in [0.1, 0.15) is 78.5 Å². The maximum atomic E-state index is 13.7. The zero-order valence-corrected chi connectivity index (χ0v) is 29.4. The highest BCUT2D eigenvalue weighted by Gasteiger charge is 2.42. The van der Waals surface area contributed by atoms with Gasteiger partial charge in [-0.05, 0) is 85.7 Å². The SMILES string of the molecule is CC(=O)N(Cc1ccccc1)c1cc(C(=O)NC(C)c2cccnc2)cc(C2OC2N[C@H](CN[C@@H](C)C(=O)NCC2CC2)Cc2ccccn2)c1. The molecule has 0 radical (unpaired) electrons. The Bertz CT molecular complexity index is 1770. The Labute approximate surface area is 299 Å². The van der Waals surface area contributed by atoms with Crippen molar-refractivity contribution in [2.45, 2.75) is 77.0 Å². The average Bonchev–Trinajstić information content (AvgIpc) is 4.09. The van der Waals surface area contributed by atoms with Crippen molar-refractivity contribution in [3.63, 3.8) is 0 Å². The lowest BCUT2D eigenvalue weighted by Gasteiger charge is -2.23. The number of carbonyl (C=O) groups excluding carboxylic acids is 3. The van der Waals surface area contributed by atoms with Crippen molar-refractivity contribution in [2.75, 3.05) is 18.0 Å². The summed E-state index contributed by atoms with van der Waals surface area (Å²) in [6.45, 7) is 6.90. The second kappa shape index (κ2) is 16.8. The number of epoxide rings is 1. The van der Waals surface area contributed by atoms with Gasteiger partial charge < -0.3 is 25.6 Å². The minimum atomic E-state index is -0.360. The Kier molecular flexibility index (Phi) is 11.8. The highest BCUT2D eigenvalue weighted by molar-refractivity contribution is 5.98. The lowest BCUT2D eigenvalue weighted by molar-refractivity contribution is -0.122. The number of rotatable bonds is 17. The Balaban J connectivity index is 1.21. The van der Waals surface area contributed by atoms with E-state index in [9.17, 15) is 14.4 Å². The van der Waals surface area contributed by atoms with E-state index in [4.69, 9.17) is 4.74 Å². The van der Waals surface area contributed by atoms with Gasteiger partial charge >= 0.3 is 0 Å². The summed E-state index contributed by atoms with van der Waals surface area (Å²) in [4.78, 5) is 49.9. The fourth-order valence-electron chi connectivity index (χ4n) is 6.05. The predicted octanol–water partition coefficient (Wildman–Crippen LogP) is 4.62. The van der Waals surface area contributed by atoms with Crippen molar-refractivity contribution in [2.24, 2.45) is 5.92 Å². The quantitative estimate of drug-likeness (QED) is 0.118. The van der Waals surface area contributed by atoms with Crippen LogP contribution in [0.4, 0.5) is 5.69 Å². The zero-order valence-electron chi connectivity index (χ0n) is 29.4. The van der Waals surface area contributed by atoms with Crippen LogP contribution < -0.4 is 26.2 Å². The number of hydrogen-bond donors (Lipinski definition) is 4. The lowest BCUT2D eigenvalue weighted by Crippen LogP contribution is -2.49. The van der Waals surface area contributed by atoms with Crippen LogP contribution in [-0.4, -0.2) is 59.1 Å². The van der Waals surface area contributed by atoms with E-state index in [1.54, 1.807) is 29.6 Å². The number of amides is 3. The van der Waals surface area contributed by atoms with Crippen LogP contribution in [0.3, 0.4) is 0 Å². The first-order valence-electron chi connectivity index (χ1n) is 17.7. The molecular formula is C40H47N7O4. The number of carbonyl (C=O) groups is 3. The van der Waals surface area contributed by atoms with Crippen LogP contribution in [0.5, 0.6) is 0 Å². The number of anilines is 1. The van der Waals surface area contributed by atoms with E-state index in [0.29, 0.717) is 36.7 Å². The molecule has 4 aromatic rings. The monoisotopic (exact) mass is 689 g/mol. The molecule has 4 N–H and O–H groups in total. The third kappa shape index (κ3) is 10.3. The summed E-state index contributed by atoms with van der Waals surface area (Å²) in [6.07, 6.45) is 7.47. The molecule has 1 aliphatic heterocycles. The smallest absolute Gasteiger partial charge is 0.251 e. The number of ether oxygens (including phenoxy) is 1. The first-order valence-corrected chi connectivity index (χ1v) is 17.7. The van der Waals surface area contributed by atoms with Gasteiger partial charge in [0.1, 0.15) is 12.3 Å². The molecule has 3 amide bonds. The molecule has 2 aromatic heterocycles. The van der Waals surface area contributed by atoms with Gasteiger partial charge in [-0.3, -0.25) is 29.7 Å². The van der Waals surface area contributed by atoms with Gasteiger partial charge in [-0.25, -0.2) is 0 Å². The van der Waals surface area contributed by atoms with E-state index in [0.717, 1.165) is 28.9 Å². The van der Waals surface area contributed by atoms with Crippen LogP contribution in [0.25, 0.3) is 0 Å². The molecule has 0 bridgehead atoms. The molecule has 2 aromatic carbocycles. The molecule has 266 valence electrons. The zero-order chi connectivity index (χ0) is 35.7. The molecule has 5 atom stereocenters. The van der Waals surface area contributed by atoms with Crippen molar-refractivity contribution >= 4 is 23.4 Å². The van der Waals surface area contributed by atoms with Crippen molar-refractivity contribution < 1.29 is 19.1 Å². The summed E-state index contributed by atoms with van der Waals surface area (Å²) in [5.41, 5.74) is 4.58. The van der Waals surface area contributed by atoms with Gasteiger partial charge in [0.25, 0.3) is 5.91 Å². The summed E-state index contributed by atoms with van der Waals surface area (Å²) >= 11 is 0. The van der Waals surface area contributed by atoms with Crippen LogP contribution >= 0.6 is 0 Å². The lowest BCUT2D eigenvalue weighted by atomic mass is 10.0. The molecule has 0 spiro atoms. The Morgan fingerprint density at radius 3 is 2.47 bits per heavy atom. The van der Waals surface area contributed by atoms with Gasteiger partial charge in [0.05, 0.1) is 18.6 Å². The average molecular weight is 690 g/mol. The molecule has 1 saturated heterocycles. The molecule has 2 fully saturated rings. The van der Waals surface area contributed by atoms with E-state index in [1.165, 1.54) is 19.8 Å². The summed E-state index contributed by atoms with van der Waals surface area (Å²) < 4.78 is 6.21. The summed E-state index contributed by atoms with van der Waals surface area (Å²) in [5.74, 6) is 0.187. The van der Waals surface area contributed by atoms with Crippen LogP contribution in [-0.2, 0) is 27.3 Å². The number of nitrogens with one attached hydrogen (secondary N) is 4. The molecule has 3 unspecified atom stereocenters. The van der Waals surface area contributed by atoms with Crippen molar-refractivity contribution in [3.8, 4) is 0 Å². The predicted molar refractivity (Wildman–Crippen MR) is 196 cm³/mol. The van der Waals surface area contributed by atoms with Crippen LogP contribution in [0, 0.1) is 5.92 Å².